The van der Waals surface area contributed by atoms with Crippen molar-refractivity contribution < 1.29 is 4.74 Å². The molecule has 21 heavy (non-hydrogen) atoms. The van der Waals surface area contributed by atoms with E-state index in [9.17, 15) is 0 Å². The third-order valence-electron chi connectivity index (χ3n) is 3.70. The summed E-state index contributed by atoms with van der Waals surface area (Å²) in [4.78, 5) is 0. The highest BCUT2D eigenvalue weighted by molar-refractivity contribution is 5.53. The van der Waals surface area contributed by atoms with Crippen LogP contribution in [0.25, 0.3) is 5.52 Å². The van der Waals surface area contributed by atoms with Crippen molar-refractivity contribution in [3.63, 3.8) is 0 Å². The molecule has 2 heterocycles. The topological polar surface area (TPSA) is 38.6 Å². The van der Waals surface area contributed by atoms with Gasteiger partial charge in [0.25, 0.3) is 0 Å². The summed E-state index contributed by atoms with van der Waals surface area (Å²) in [6, 6.07) is 14.5. The number of nitrogens with zero attached hydrogens (tertiary/aromatic N) is 2. The van der Waals surface area contributed by atoms with Crippen molar-refractivity contribution in [2.24, 2.45) is 0 Å². The van der Waals surface area contributed by atoms with Crippen molar-refractivity contribution >= 4 is 5.52 Å². The highest BCUT2D eigenvalue weighted by atomic mass is 16.5. The number of hydrogen-bond acceptors (Lipinski definition) is 3. The molecular weight excluding hydrogens is 262 g/mol. The van der Waals surface area contributed by atoms with E-state index in [1.165, 1.54) is 11.1 Å². The van der Waals surface area contributed by atoms with Crippen LogP contribution in [0.3, 0.4) is 0 Å². The van der Waals surface area contributed by atoms with Gasteiger partial charge in [-0.25, -0.2) is 4.52 Å². The van der Waals surface area contributed by atoms with Crippen molar-refractivity contribution in [1.29, 1.82) is 0 Å². The third kappa shape index (κ3) is 2.90. The van der Waals surface area contributed by atoms with Gasteiger partial charge < -0.3 is 10.1 Å². The molecule has 0 spiro atoms. The van der Waals surface area contributed by atoms with Gasteiger partial charge in [-0.1, -0.05) is 18.2 Å². The number of ether oxygens (including phenoxy) is 1. The zero-order valence-corrected chi connectivity index (χ0v) is 12.3. The van der Waals surface area contributed by atoms with Gasteiger partial charge in [-0.2, -0.15) is 5.10 Å². The van der Waals surface area contributed by atoms with Gasteiger partial charge in [0.2, 0.25) is 0 Å². The smallest absolute Gasteiger partial charge is 0.119 e. The predicted molar refractivity (Wildman–Crippen MR) is 83.4 cm³/mol. The SMILES string of the molecule is COc1cccc([C@H](C)NCc2cnn3ccccc23)c1. The summed E-state index contributed by atoms with van der Waals surface area (Å²) in [6.45, 7) is 2.94. The van der Waals surface area contributed by atoms with E-state index in [1.807, 2.05) is 41.2 Å². The fourth-order valence-electron chi connectivity index (χ4n) is 2.42. The van der Waals surface area contributed by atoms with Crippen molar-refractivity contribution in [2.75, 3.05) is 7.11 Å². The minimum absolute atomic E-state index is 0.249. The van der Waals surface area contributed by atoms with E-state index >= 15 is 0 Å². The fraction of sp³-hybridized carbons (Fsp3) is 0.235. The average molecular weight is 281 g/mol. The second kappa shape index (κ2) is 5.97. The van der Waals surface area contributed by atoms with Crippen LogP contribution in [0.15, 0.2) is 54.9 Å². The summed E-state index contributed by atoms with van der Waals surface area (Å²) >= 11 is 0. The summed E-state index contributed by atoms with van der Waals surface area (Å²) in [5, 5.41) is 7.89. The summed E-state index contributed by atoms with van der Waals surface area (Å²) < 4.78 is 7.17. The number of aromatic nitrogens is 2. The Morgan fingerprint density at radius 1 is 1.24 bits per heavy atom. The van der Waals surface area contributed by atoms with Gasteiger partial charge in [-0.05, 0) is 36.8 Å². The molecular formula is C17H19N3O. The number of rotatable bonds is 5. The first-order valence-electron chi connectivity index (χ1n) is 7.06. The Labute approximate surface area is 124 Å². The second-order valence-electron chi connectivity index (χ2n) is 5.08. The van der Waals surface area contributed by atoms with Crippen LogP contribution in [-0.4, -0.2) is 16.7 Å². The molecule has 4 heteroatoms. The van der Waals surface area contributed by atoms with Gasteiger partial charge >= 0.3 is 0 Å². The molecule has 0 saturated carbocycles. The number of hydrogen-bond donors (Lipinski definition) is 1. The molecule has 0 aliphatic heterocycles. The van der Waals surface area contributed by atoms with Crippen LogP contribution in [0.4, 0.5) is 0 Å². The lowest BCUT2D eigenvalue weighted by molar-refractivity contribution is 0.413. The molecule has 0 aliphatic carbocycles. The number of pyridine rings is 1. The molecule has 4 nitrogen and oxygen atoms in total. The number of methoxy groups -OCH3 is 1. The first-order valence-corrected chi connectivity index (χ1v) is 7.06. The van der Waals surface area contributed by atoms with E-state index in [0.29, 0.717) is 0 Å². The quantitative estimate of drug-likeness (QED) is 0.780. The Morgan fingerprint density at radius 3 is 3.00 bits per heavy atom. The van der Waals surface area contributed by atoms with E-state index in [-0.39, 0.29) is 6.04 Å². The number of fused-ring (bicyclic) bond motifs is 1. The maximum absolute atomic E-state index is 5.27. The first kappa shape index (κ1) is 13.6. The second-order valence-corrected chi connectivity index (χ2v) is 5.08. The minimum atomic E-state index is 0.249. The lowest BCUT2D eigenvalue weighted by Crippen LogP contribution is -2.18. The molecule has 108 valence electrons. The first-order chi connectivity index (χ1) is 10.3. The summed E-state index contributed by atoms with van der Waals surface area (Å²) in [6.07, 6.45) is 3.88. The molecule has 3 aromatic rings. The van der Waals surface area contributed by atoms with Gasteiger partial charge in [0.15, 0.2) is 0 Å². The molecule has 3 rings (SSSR count). The fourth-order valence-corrected chi connectivity index (χ4v) is 2.42. The molecule has 1 atom stereocenters. The molecule has 0 radical (unpaired) electrons. The van der Waals surface area contributed by atoms with Gasteiger partial charge in [-0.3, -0.25) is 0 Å². The maximum Gasteiger partial charge on any atom is 0.119 e. The van der Waals surface area contributed by atoms with E-state index in [1.54, 1.807) is 7.11 Å². The molecule has 0 unspecified atom stereocenters. The predicted octanol–water partition coefficient (Wildman–Crippen LogP) is 3.19. The van der Waals surface area contributed by atoms with E-state index in [4.69, 9.17) is 4.74 Å². The van der Waals surface area contributed by atoms with Crippen LogP contribution in [0.2, 0.25) is 0 Å². The van der Waals surface area contributed by atoms with Crippen LogP contribution in [-0.2, 0) is 6.54 Å². The normalized spacial score (nSPS) is 12.5. The van der Waals surface area contributed by atoms with Crippen molar-refractivity contribution in [3.8, 4) is 5.75 Å². The van der Waals surface area contributed by atoms with Crippen LogP contribution < -0.4 is 10.1 Å². The molecule has 2 aromatic heterocycles. The number of nitrogens with one attached hydrogen (secondary N) is 1. The summed E-state index contributed by atoms with van der Waals surface area (Å²) in [7, 11) is 1.69. The van der Waals surface area contributed by atoms with Crippen molar-refractivity contribution in [1.82, 2.24) is 14.9 Å². The van der Waals surface area contributed by atoms with Crippen LogP contribution in [0.1, 0.15) is 24.1 Å². The van der Waals surface area contributed by atoms with Gasteiger partial charge in [-0.15, -0.1) is 0 Å². The Morgan fingerprint density at radius 2 is 2.14 bits per heavy atom. The Kier molecular flexibility index (Phi) is 3.88. The maximum atomic E-state index is 5.27. The minimum Gasteiger partial charge on any atom is -0.497 e. The highest BCUT2D eigenvalue weighted by Crippen LogP contribution is 2.19. The molecule has 0 saturated heterocycles. The summed E-state index contributed by atoms with van der Waals surface area (Å²) in [5.74, 6) is 0.886. The number of benzene rings is 1. The molecule has 0 aliphatic rings. The van der Waals surface area contributed by atoms with Gasteiger partial charge in [0, 0.05) is 24.3 Å². The molecule has 1 N–H and O–H groups in total. The third-order valence-corrected chi connectivity index (χ3v) is 3.70. The van der Waals surface area contributed by atoms with Crippen molar-refractivity contribution in [2.45, 2.75) is 19.5 Å². The lowest BCUT2D eigenvalue weighted by Gasteiger charge is -2.14. The van der Waals surface area contributed by atoms with Crippen LogP contribution in [0, 0.1) is 0 Å². The van der Waals surface area contributed by atoms with Gasteiger partial charge in [0.1, 0.15) is 5.75 Å². The lowest BCUT2D eigenvalue weighted by atomic mass is 10.1. The standard InChI is InChI=1S/C17H19N3O/c1-13(14-6-5-7-16(10-14)21-2)18-11-15-12-19-20-9-4-3-8-17(15)20/h3-10,12-13,18H,11H2,1-2H3/t13-/m0/s1. The van der Waals surface area contributed by atoms with E-state index in [2.05, 4.69) is 35.5 Å². The molecule has 1 aromatic carbocycles. The molecule has 0 bridgehead atoms. The Balaban J connectivity index is 1.72. The zero-order chi connectivity index (χ0) is 14.7. The van der Waals surface area contributed by atoms with Gasteiger partial charge in [0.05, 0.1) is 18.8 Å². The average Bonchev–Trinajstić information content (AvgIpc) is 2.96. The van der Waals surface area contributed by atoms with Crippen LogP contribution in [0.5, 0.6) is 5.75 Å². The highest BCUT2D eigenvalue weighted by Gasteiger charge is 2.08. The zero-order valence-electron chi connectivity index (χ0n) is 12.3. The molecule has 0 amide bonds. The Hall–Kier alpha value is -2.33. The largest absolute Gasteiger partial charge is 0.497 e. The monoisotopic (exact) mass is 281 g/mol. The van der Waals surface area contributed by atoms with Crippen LogP contribution >= 0.6 is 0 Å². The van der Waals surface area contributed by atoms with Crippen molar-refractivity contribution in [3.05, 3.63) is 66.0 Å². The summed E-state index contributed by atoms with van der Waals surface area (Å²) in [5.41, 5.74) is 3.55. The molecule has 0 fully saturated rings. The van der Waals surface area contributed by atoms with E-state index < -0.39 is 0 Å². The van der Waals surface area contributed by atoms with E-state index in [0.717, 1.165) is 17.8 Å². The Bertz CT molecular complexity index is 735.